The number of nitrogens with zero attached hydrogens (tertiary/aromatic N) is 2. The maximum absolute atomic E-state index is 5.70. The Balaban J connectivity index is 1.83. The molecule has 0 amide bonds. The number of nitrogens with one attached hydrogen (secondary N) is 1. The van der Waals surface area contributed by atoms with Crippen molar-refractivity contribution in [3.63, 3.8) is 0 Å². The summed E-state index contributed by atoms with van der Waals surface area (Å²) >= 11 is 0. The summed E-state index contributed by atoms with van der Waals surface area (Å²) in [7, 11) is 0. The summed E-state index contributed by atoms with van der Waals surface area (Å²) in [6, 6.07) is 0.447. The number of rotatable bonds is 5. The van der Waals surface area contributed by atoms with Crippen LogP contribution in [-0.2, 0) is 11.3 Å². The molecule has 1 aromatic heterocycles. The molecular formula is C12H19N3O. The van der Waals surface area contributed by atoms with Crippen molar-refractivity contribution in [3.8, 4) is 0 Å². The monoisotopic (exact) mass is 221 g/mol. The van der Waals surface area contributed by atoms with Crippen LogP contribution >= 0.6 is 0 Å². The lowest BCUT2D eigenvalue weighted by Gasteiger charge is -2.22. The van der Waals surface area contributed by atoms with Gasteiger partial charge in [-0.05, 0) is 19.3 Å². The summed E-state index contributed by atoms with van der Waals surface area (Å²) in [5.74, 6) is 0. The Kier molecular flexibility index (Phi) is 4.25. The number of hydrogen-bond acceptors (Lipinski definition) is 4. The molecule has 16 heavy (non-hydrogen) atoms. The first-order valence-electron chi connectivity index (χ1n) is 5.99. The van der Waals surface area contributed by atoms with Gasteiger partial charge in [0, 0.05) is 37.2 Å². The van der Waals surface area contributed by atoms with Crippen LogP contribution in [0.3, 0.4) is 0 Å². The molecule has 4 nitrogen and oxygen atoms in total. The molecule has 2 rings (SSSR count). The topological polar surface area (TPSA) is 47.0 Å². The predicted molar refractivity (Wildman–Crippen MR) is 61.9 cm³/mol. The summed E-state index contributed by atoms with van der Waals surface area (Å²) in [5, 5.41) is 3.52. The second-order valence-corrected chi connectivity index (χ2v) is 4.19. The quantitative estimate of drug-likeness (QED) is 0.819. The van der Waals surface area contributed by atoms with Crippen LogP contribution in [0.2, 0.25) is 0 Å². The fourth-order valence-electron chi connectivity index (χ4n) is 2.13. The van der Waals surface area contributed by atoms with Crippen LogP contribution in [0.25, 0.3) is 0 Å². The van der Waals surface area contributed by atoms with Crippen LogP contribution in [0.5, 0.6) is 0 Å². The van der Waals surface area contributed by atoms with Crippen molar-refractivity contribution in [2.24, 2.45) is 0 Å². The van der Waals surface area contributed by atoms with Gasteiger partial charge in [-0.15, -0.1) is 0 Å². The first kappa shape index (κ1) is 11.5. The van der Waals surface area contributed by atoms with Gasteiger partial charge in [0.25, 0.3) is 0 Å². The van der Waals surface area contributed by atoms with Gasteiger partial charge in [0.15, 0.2) is 0 Å². The fraction of sp³-hybridized carbons (Fsp3) is 0.667. The zero-order valence-corrected chi connectivity index (χ0v) is 9.72. The van der Waals surface area contributed by atoms with Gasteiger partial charge in [-0.1, -0.05) is 6.92 Å². The van der Waals surface area contributed by atoms with Gasteiger partial charge in [0.1, 0.15) is 6.33 Å². The van der Waals surface area contributed by atoms with Crippen molar-refractivity contribution in [1.29, 1.82) is 0 Å². The van der Waals surface area contributed by atoms with E-state index in [1.54, 1.807) is 6.33 Å². The Hall–Kier alpha value is -1.00. The number of ether oxygens (including phenoxy) is 1. The van der Waals surface area contributed by atoms with Gasteiger partial charge < -0.3 is 10.1 Å². The van der Waals surface area contributed by atoms with E-state index in [1.165, 1.54) is 12.8 Å². The molecule has 0 aliphatic carbocycles. The second kappa shape index (κ2) is 5.92. The van der Waals surface area contributed by atoms with Crippen molar-refractivity contribution in [2.45, 2.75) is 44.9 Å². The molecule has 2 unspecified atom stereocenters. The Bertz CT molecular complexity index is 298. The van der Waals surface area contributed by atoms with E-state index in [0.717, 1.165) is 25.1 Å². The fourth-order valence-corrected chi connectivity index (χ4v) is 2.13. The summed E-state index contributed by atoms with van der Waals surface area (Å²) in [6.07, 6.45) is 9.10. The molecule has 1 aliphatic rings. The molecule has 2 heterocycles. The minimum atomic E-state index is 0.384. The summed E-state index contributed by atoms with van der Waals surface area (Å²) in [5.41, 5.74) is 1.12. The van der Waals surface area contributed by atoms with Crippen LogP contribution in [0.4, 0.5) is 0 Å². The summed E-state index contributed by atoms with van der Waals surface area (Å²) in [6.45, 7) is 3.93. The highest BCUT2D eigenvalue weighted by molar-refractivity contribution is 5.02. The van der Waals surface area contributed by atoms with Crippen molar-refractivity contribution in [3.05, 3.63) is 24.3 Å². The van der Waals surface area contributed by atoms with E-state index in [1.807, 2.05) is 12.4 Å². The third-order valence-corrected chi connectivity index (χ3v) is 3.04. The molecule has 0 saturated carbocycles. The lowest BCUT2D eigenvalue weighted by Crippen LogP contribution is -2.38. The minimum absolute atomic E-state index is 0.384. The number of hydrogen-bond donors (Lipinski definition) is 1. The SMILES string of the molecule is CCC(NCc1cncnc1)C1CCCO1. The van der Waals surface area contributed by atoms with Gasteiger partial charge in [0.05, 0.1) is 6.10 Å². The molecule has 1 saturated heterocycles. The Labute approximate surface area is 96.4 Å². The third kappa shape index (κ3) is 3.00. The highest BCUT2D eigenvalue weighted by atomic mass is 16.5. The van der Waals surface area contributed by atoms with Crippen molar-refractivity contribution < 1.29 is 4.74 Å². The first-order chi connectivity index (χ1) is 7.90. The van der Waals surface area contributed by atoms with E-state index in [4.69, 9.17) is 4.74 Å². The average molecular weight is 221 g/mol. The van der Waals surface area contributed by atoms with E-state index in [2.05, 4.69) is 22.2 Å². The molecule has 0 bridgehead atoms. The van der Waals surface area contributed by atoms with Crippen LogP contribution in [0.1, 0.15) is 31.7 Å². The lowest BCUT2D eigenvalue weighted by molar-refractivity contribution is 0.0764. The highest BCUT2D eigenvalue weighted by Gasteiger charge is 2.23. The molecule has 4 heteroatoms. The van der Waals surface area contributed by atoms with Crippen molar-refractivity contribution >= 4 is 0 Å². The Morgan fingerprint density at radius 2 is 2.31 bits per heavy atom. The zero-order chi connectivity index (χ0) is 11.2. The maximum Gasteiger partial charge on any atom is 0.115 e. The van der Waals surface area contributed by atoms with E-state index in [0.29, 0.717) is 12.1 Å². The second-order valence-electron chi connectivity index (χ2n) is 4.19. The van der Waals surface area contributed by atoms with Crippen LogP contribution in [-0.4, -0.2) is 28.7 Å². The standard InChI is InChI=1S/C12H19N3O/c1-2-11(12-4-3-5-16-12)15-8-10-6-13-9-14-7-10/h6-7,9,11-12,15H,2-5,8H2,1H3. The molecule has 2 atom stereocenters. The van der Waals surface area contributed by atoms with Gasteiger partial charge in [-0.2, -0.15) is 0 Å². The van der Waals surface area contributed by atoms with Crippen LogP contribution in [0.15, 0.2) is 18.7 Å². The number of aromatic nitrogens is 2. The maximum atomic E-state index is 5.70. The Morgan fingerprint density at radius 1 is 1.50 bits per heavy atom. The smallest absolute Gasteiger partial charge is 0.115 e. The van der Waals surface area contributed by atoms with Crippen molar-refractivity contribution in [2.75, 3.05) is 6.61 Å². The molecular weight excluding hydrogens is 202 g/mol. The van der Waals surface area contributed by atoms with E-state index in [9.17, 15) is 0 Å². The van der Waals surface area contributed by atoms with E-state index >= 15 is 0 Å². The molecule has 0 spiro atoms. The van der Waals surface area contributed by atoms with Crippen LogP contribution in [0, 0.1) is 0 Å². The molecule has 1 aliphatic heterocycles. The molecule has 88 valence electrons. The van der Waals surface area contributed by atoms with Gasteiger partial charge >= 0.3 is 0 Å². The van der Waals surface area contributed by atoms with Crippen molar-refractivity contribution in [1.82, 2.24) is 15.3 Å². The van der Waals surface area contributed by atoms with Gasteiger partial charge in [0.2, 0.25) is 0 Å². The highest BCUT2D eigenvalue weighted by Crippen LogP contribution is 2.17. The van der Waals surface area contributed by atoms with E-state index in [-0.39, 0.29) is 0 Å². The average Bonchev–Trinajstić information content (AvgIpc) is 2.85. The zero-order valence-electron chi connectivity index (χ0n) is 9.72. The predicted octanol–water partition coefficient (Wildman–Crippen LogP) is 1.52. The van der Waals surface area contributed by atoms with Crippen LogP contribution < -0.4 is 5.32 Å². The third-order valence-electron chi connectivity index (χ3n) is 3.04. The molecule has 0 radical (unpaired) electrons. The van der Waals surface area contributed by atoms with Gasteiger partial charge in [-0.25, -0.2) is 9.97 Å². The molecule has 1 N–H and O–H groups in total. The molecule has 0 aromatic carbocycles. The van der Waals surface area contributed by atoms with Gasteiger partial charge in [-0.3, -0.25) is 0 Å². The molecule has 1 aromatic rings. The lowest BCUT2D eigenvalue weighted by atomic mass is 10.1. The summed E-state index contributed by atoms with van der Waals surface area (Å²) in [4.78, 5) is 8.01. The first-order valence-corrected chi connectivity index (χ1v) is 5.99. The minimum Gasteiger partial charge on any atom is -0.377 e. The normalized spacial score (nSPS) is 22.2. The summed E-state index contributed by atoms with van der Waals surface area (Å²) < 4.78 is 5.70. The van der Waals surface area contributed by atoms with E-state index < -0.39 is 0 Å². The largest absolute Gasteiger partial charge is 0.377 e. The Morgan fingerprint density at radius 3 is 2.94 bits per heavy atom. The molecule has 1 fully saturated rings.